The number of aliphatic hydroxyl groups is 1. The van der Waals surface area contributed by atoms with Gasteiger partial charge in [-0.05, 0) is 18.5 Å². The first kappa shape index (κ1) is 11.3. The lowest BCUT2D eigenvalue weighted by Crippen LogP contribution is -2.26. The Kier molecular flexibility index (Phi) is 3.34. The normalized spacial score (nSPS) is 11.7. The van der Waals surface area contributed by atoms with E-state index in [0.717, 1.165) is 10.6 Å². The summed E-state index contributed by atoms with van der Waals surface area (Å²) in [4.78, 5) is 0. The van der Waals surface area contributed by atoms with E-state index in [1.165, 1.54) is 11.5 Å². The summed E-state index contributed by atoms with van der Waals surface area (Å²) in [6.45, 7) is 6.81. The van der Waals surface area contributed by atoms with Crippen LogP contribution in [0.25, 0.3) is 0 Å². The van der Waals surface area contributed by atoms with Gasteiger partial charge in [0.1, 0.15) is 10.8 Å². The summed E-state index contributed by atoms with van der Waals surface area (Å²) in [6.07, 6.45) is 0. The van der Waals surface area contributed by atoms with Crippen LogP contribution in [-0.2, 0) is 0 Å². The fourth-order valence-corrected chi connectivity index (χ4v) is 1.59. The molecule has 0 spiro atoms. The van der Waals surface area contributed by atoms with E-state index in [2.05, 4.69) is 9.69 Å². The second kappa shape index (κ2) is 4.14. The molecule has 0 aliphatic carbocycles. The number of nitrogen functional groups attached to an aromatic ring is 1. The van der Waals surface area contributed by atoms with Crippen molar-refractivity contribution in [3.63, 3.8) is 0 Å². The standard InChI is InChI=1S/C9H17N3OS/c1-6-7(10)12-14-8(6)11-4-9(2,3)5-13/h11,13H,4-5H2,1-3H3,(H2,10,12). The van der Waals surface area contributed by atoms with E-state index in [-0.39, 0.29) is 12.0 Å². The smallest absolute Gasteiger partial charge is 0.142 e. The third kappa shape index (κ3) is 2.59. The molecule has 0 unspecified atom stereocenters. The van der Waals surface area contributed by atoms with Crippen LogP contribution in [0.3, 0.4) is 0 Å². The van der Waals surface area contributed by atoms with Crippen LogP contribution in [0.15, 0.2) is 0 Å². The summed E-state index contributed by atoms with van der Waals surface area (Å²) in [5, 5.41) is 13.3. The van der Waals surface area contributed by atoms with E-state index in [9.17, 15) is 0 Å². The van der Waals surface area contributed by atoms with Gasteiger partial charge in [0.15, 0.2) is 0 Å². The second-order valence-electron chi connectivity index (χ2n) is 4.20. The predicted molar refractivity (Wildman–Crippen MR) is 60.6 cm³/mol. The van der Waals surface area contributed by atoms with Gasteiger partial charge in [-0.1, -0.05) is 13.8 Å². The quantitative estimate of drug-likeness (QED) is 0.711. The molecule has 14 heavy (non-hydrogen) atoms. The van der Waals surface area contributed by atoms with Crippen molar-refractivity contribution in [3.05, 3.63) is 5.56 Å². The Labute approximate surface area is 88.3 Å². The second-order valence-corrected chi connectivity index (χ2v) is 4.97. The molecule has 1 aromatic rings. The molecular formula is C9H17N3OS. The zero-order valence-electron chi connectivity index (χ0n) is 8.79. The zero-order valence-corrected chi connectivity index (χ0v) is 9.61. The molecule has 80 valence electrons. The van der Waals surface area contributed by atoms with Crippen molar-refractivity contribution >= 4 is 22.4 Å². The van der Waals surface area contributed by atoms with Gasteiger partial charge in [-0.2, -0.15) is 4.37 Å². The van der Waals surface area contributed by atoms with Crippen LogP contribution >= 0.6 is 11.5 Å². The number of hydrogen-bond acceptors (Lipinski definition) is 5. The molecule has 0 radical (unpaired) electrons. The number of anilines is 2. The maximum absolute atomic E-state index is 9.07. The Morgan fingerprint density at radius 2 is 2.21 bits per heavy atom. The predicted octanol–water partition coefficient (Wildman–Crippen LogP) is 1.46. The molecular weight excluding hydrogens is 198 g/mol. The van der Waals surface area contributed by atoms with Gasteiger partial charge in [0.2, 0.25) is 0 Å². The molecule has 0 atom stereocenters. The van der Waals surface area contributed by atoms with E-state index in [4.69, 9.17) is 10.8 Å². The van der Waals surface area contributed by atoms with E-state index >= 15 is 0 Å². The lowest BCUT2D eigenvalue weighted by molar-refractivity contribution is 0.171. The summed E-state index contributed by atoms with van der Waals surface area (Å²) in [5.41, 5.74) is 6.49. The van der Waals surface area contributed by atoms with Crippen molar-refractivity contribution in [3.8, 4) is 0 Å². The molecule has 1 heterocycles. The highest BCUT2D eigenvalue weighted by molar-refractivity contribution is 7.10. The van der Waals surface area contributed by atoms with Crippen LogP contribution in [0.5, 0.6) is 0 Å². The molecule has 5 heteroatoms. The van der Waals surface area contributed by atoms with Crippen molar-refractivity contribution in [1.82, 2.24) is 4.37 Å². The molecule has 4 nitrogen and oxygen atoms in total. The van der Waals surface area contributed by atoms with Crippen LogP contribution in [0.2, 0.25) is 0 Å². The minimum Gasteiger partial charge on any atom is -0.396 e. The van der Waals surface area contributed by atoms with Gasteiger partial charge in [0, 0.05) is 24.1 Å². The lowest BCUT2D eigenvalue weighted by Gasteiger charge is -2.21. The van der Waals surface area contributed by atoms with Crippen LogP contribution < -0.4 is 11.1 Å². The molecule has 0 aliphatic rings. The van der Waals surface area contributed by atoms with Crippen molar-refractivity contribution in [2.45, 2.75) is 20.8 Å². The van der Waals surface area contributed by atoms with Crippen molar-refractivity contribution in [1.29, 1.82) is 0 Å². The first-order valence-electron chi connectivity index (χ1n) is 4.53. The van der Waals surface area contributed by atoms with E-state index in [1.54, 1.807) is 0 Å². The highest BCUT2D eigenvalue weighted by Crippen LogP contribution is 2.26. The fourth-order valence-electron chi connectivity index (χ4n) is 0.888. The topological polar surface area (TPSA) is 71.2 Å². The maximum atomic E-state index is 9.07. The molecule has 0 bridgehead atoms. The summed E-state index contributed by atoms with van der Waals surface area (Å²) in [6, 6.07) is 0. The number of hydrogen-bond donors (Lipinski definition) is 3. The Bertz CT molecular complexity index is 309. The highest BCUT2D eigenvalue weighted by Gasteiger charge is 2.17. The van der Waals surface area contributed by atoms with E-state index in [0.29, 0.717) is 12.4 Å². The Morgan fingerprint density at radius 3 is 2.64 bits per heavy atom. The molecule has 0 saturated heterocycles. The molecule has 0 fully saturated rings. The monoisotopic (exact) mass is 215 g/mol. The van der Waals surface area contributed by atoms with Gasteiger partial charge < -0.3 is 16.2 Å². The zero-order chi connectivity index (χ0) is 10.8. The van der Waals surface area contributed by atoms with Crippen LogP contribution in [0, 0.1) is 12.3 Å². The Hall–Kier alpha value is -0.810. The molecule has 1 rings (SSSR count). The number of nitrogens with zero attached hydrogens (tertiary/aromatic N) is 1. The fraction of sp³-hybridized carbons (Fsp3) is 0.667. The third-order valence-electron chi connectivity index (χ3n) is 2.12. The number of nitrogens with one attached hydrogen (secondary N) is 1. The first-order chi connectivity index (χ1) is 6.46. The molecule has 0 aromatic carbocycles. The summed E-state index contributed by atoms with van der Waals surface area (Å²) in [7, 11) is 0. The molecule has 0 aliphatic heterocycles. The minimum absolute atomic E-state index is 0.120. The van der Waals surface area contributed by atoms with Crippen molar-refractivity contribution in [2.24, 2.45) is 5.41 Å². The van der Waals surface area contributed by atoms with E-state index < -0.39 is 0 Å². The van der Waals surface area contributed by atoms with Crippen LogP contribution in [0.4, 0.5) is 10.8 Å². The molecule has 0 saturated carbocycles. The Balaban J connectivity index is 2.58. The van der Waals surface area contributed by atoms with Gasteiger partial charge in [0.05, 0.1) is 0 Å². The molecule has 1 aromatic heterocycles. The summed E-state index contributed by atoms with van der Waals surface area (Å²) < 4.78 is 4.04. The maximum Gasteiger partial charge on any atom is 0.142 e. The van der Waals surface area contributed by atoms with Gasteiger partial charge in [-0.3, -0.25) is 0 Å². The number of rotatable bonds is 4. The highest BCUT2D eigenvalue weighted by atomic mass is 32.1. The minimum atomic E-state index is -0.120. The van der Waals surface area contributed by atoms with Gasteiger partial charge >= 0.3 is 0 Å². The summed E-state index contributed by atoms with van der Waals surface area (Å²) >= 11 is 1.36. The third-order valence-corrected chi connectivity index (χ3v) is 3.04. The SMILES string of the molecule is Cc1c(N)nsc1NCC(C)(C)CO. The van der Waals surface area contributed by atoms with E-state index in [1.807, 2.05) is 20.8 Å². The van der Waals surface area contributed by atoms with Gasteiger partial charge in [-0.15, -0.1) is 0 Å². The number of aromatic nitrogens is 1. The van der Waals surface area contributed by atoms with Crippen molar-refractivity contribution in [2.75, 3.05) is 24.2 Å². The largest absolute Gasteiger partial charge is 0.396 e. The summed E-state index contributed by atoms with van der Waals surface area (Å²) in [5.74, 6) is 0.583. The average Bonchev–Trinajstić information content (AvgIpc) is 2.45. The van der Waals surface area contributed by atoms with Crippen LogP contribution in [-0.4, -0.2) is 22.6 Å². The van der Waals surface area contributed by atoms with Crippen LogP contribution in [0.1, 0.15) is 19.4 Å². The number of nitrogens with two attached hydrogens (primary N) is 1. The first-order valence-corrected chi connectivity index (χ1v) is 5.30. The van der Waals surface area contributed by atoms with Crippen molar-refractivity contribution < 1.29 is 5.11 Å². The Morgan fingerprint density at radius 1 is 1.57 bits per heavy atom. The average molecular weight is 215 g/mol. The van der Waals surface area contributed by atoms with Gasteiger partial charge in [-0.25, -0.2) is 0 Å². The lowest BCUT2D eigenvalue weighted by atomic mass is 9.95. The number of aliphatic hydroxyl groups excluding tert-OH is 1. The molecule has 0 amide bonds. The molecule has 4 N–H and O–H groups in total. The van der Waals surface area contributed by atoms with Gasteiger partial charge in [0.25, 0.3) is 0 Å².